The number of terminal acetylenes is 1. The number of nitrogens with one attached hydrogen (secondary N) is 1. The number of amides is 1. The highest BCUT2D eigenvalue weighted by atomic mass is 32.2. The van der Waals surface area contributed by atoms with Crippen LogP contribution in [0, 0.1) is 18.3 Å². The van der Waals surface area contributed by atoms with Crippen LogP contribution in [0.2, 0.25) is 0 Å². The number of fused-ring (bicyclic) bond motifs is 1. The topological polar surface area (TPSA) is 86.8 Å². The number of carbonyl (C=O) groups is 2. The second-order valence-corrected chi connectivity index (χ2v) is 9.87. The molecule has 0 spiro atoms. The normalized spacial score (nSPS) is 15.9. The number of thiol groups is 1. The van der Waals surface area contributed by atoms with Gasteiger partial charge in [-0.05, 0) is 55.1 Å². The fourth-order valence-electron chi connectivity index (χ4n) is 4.59. The zero-order chi connectivity index (χ0) is 24.5. The van der Waals surface area contributed by atoms with E-state index in [1.807, 2.05) is 6.07 Å². The monoisotopic (exact) mass is 483 g/mol. The first kappa shape index (κ1) is 25.9. The predicted octanol–water partition coefficient (Wildman–Crippen LogP) is 2.54. The number of hydrogen-bond donors (Lipinski definition) is 2. The van der Waals surface area contributed by atoms with Gasteiger partial charge in [0.25, 0.3) is 0 Å². The maximum absolute atomic E-state index is 12.2. The summed E-state index contributed by atoms with van der Waals surface area (Å²) in [6, 6.07) is 15.1. The number of Topliss-reactive ketones (excluding diaryl/α,β-unsaturated/α-hetero) is 1. The molecule has 1 saturated heterocycles. The molecule has 2 aromatic rings. The van der Waals surface area contributed by atoms with E-state index >= 15 is 0 Å². The summed E-state index contributed by atoms with van der Waals surface area (Å²) in [6.45, 7) is 4.24. The number of carbonyl (C=O) groups excluding carboxylic acids is 2. The third kappa shape index (κ3) is 7.13. The molecule has 8 heteroatoms. The van der Waals surface area contributed by atoms with Gasteiger partial charge in [-0.15, -0.1) is 6.42 Å². The van der Waals surface area contributed by atoms with Crippen molar-refractivity contribution in [2.24, 2.45) is 5.92 Å². The van der Waals surface area contributed by atoms with Crippen molar-refractivity contribution in [1.82, 2.24) is 14.5 Å². The Morgan fingerprint density at radius 1 is 1.15 bits per heavy atom. The van der Waals surface area contributed by atoms with E-state index in [0.29, 0.717) is 6.54 Å². The molecule has 1 unspecified atom stereocenters. The van der Waals surface area contributed by atoms with E-state index in [9.17, 15) is 18.0 Å². The number of hydrogen-bond acceptors (Lipinski definition) is 5. The summed E-state index contributed by atoms with van der Waals surface area (Å²) in [6.07, 6.45) is 6.84. The molecular weight excluding hydrogens is 450 g/mol. The Morgan fingerprint density at radius 2 is 1.85 bits per heavy atom. The minimum Gasteiger partial charge on any atom is -0.345 e. The molecular formula is C26H33N3O4S. The lowest BCUT2D eigenvalue weighted by Crippen LogP contribution is -2.40. The molecule has 0 radical (unpaired) electrons. The largest absolute Gasteiger partial charge is 0.345 e. The van der Waals surface area contributed by atoms with Crippen LogP contribution in [-0.4, -0.2) is 62.0 Å². The van der Waals surface area contributed by atoms with Crippen LogP contribution in [0.25, 0.3) is 10.8 Å². The Kier molecular flexibility index (Phi) is 9.63. The van der Waals surface area contributed by atoms with Crippen LogP contribution < -0.4 is 5.32 Å². The van der Waals surface area contributed by atoms with Gasteiger partial charge in [-0.25, -0.2) is 8.42 Å². The standard InChI is InChI=1S/C26H33N3O4S/c1-3-15-27-26(31)12-11-23(30)19-29(34(32)33)18-21-13-16-28(17-14-21)20(2)24-10-6-8-22-7-4-5-9-25(22)24/h1,4-10,20-21,34H,11-19H2,2H3,(H,27,31). The molecule has 7 nitrogen and oxygen atoms in total. The van der Waals surface area contributed by atoms with Gasteiger partial charge in [0.15, 0.2) is 0 Å². The third-order valence-corrected chi connectivity index (χ3v) is 7.31. The second kappa shape index (κ2) is 12.7. The molecule has 34 heavy (non-hydrogen) atoms. The van der Waals surface area contributed by atoms with E-state index in [-0.39, 0.29) is 49.6 Å². The van der Waals surface area contributed by atoms with E-state index in [0.717, 1.165) is 25.9 Å². The summed E-state index contributed by atoms with van der Waals surface area (Å²) in [5.74, 6) is 1.93. The zero-order valence-corrected chi connectivity index (χ0v) is 20.5. The lowest BCUT2D eigenvalue weighted by atomic mass is 9.93. The number of likely N-dealkylation sites (tertiary alicyclic amines) is 1. The van der Waals surface area contributed by atoms with Gasteiger partial charge >= 0.3 is 0 Å². The Bertz CT molecular complexity index is 1100. The van der Waals surface area contributed by atoms with Gasteiger partial charge < -0.3 is 5.32 Å². The Balaban J connectivity index is 1.51. The van der Waals surface area contributed by atoms with Crippen LogP contribution in [-0.2, 0) is 20.5 Å². The molecule has 0 bridgehead atoms. The summed E-state index contributed by atoms with van der Waals surface area (Å²) in [5.41, 5.74) is 1.30. The zero-order valence-electron chi connectivity index (χ0n) is 19.6. The van der Waals surface area contributed by atoms with Gasteiger partial charge in [-0.2, -0.15) is 4.31 Å². The van der Waals surface area contributed by atoms with Crippen molar-refractivity contribution in [3.63, 3.8) is 0 Å². The Hall–Kier alpha value is -2.73. The maximum Gasteiger partial charge on any atom is 0.221 e. The van der Waals surface area contributed by atoms with Crippen LogP contribution >= 0.6 is 0 Å². The summed E-state index contributed by atoms with van der Waals surface area (Å²) >= 11 is 0. The third-order valence-electron chi connectivity index (χ3n) is 6.55. The first-order valence-electron chi connectivity index (χ1n) is 11.7. The van der Waals surface area contributed by atoms with E-state index in [1.54, 1.807) is 0 Å². The van der Waals surface area contributed by atoms with E-state index < -0.39 is 10.9 Å². The molecule has 2 aromatic carbocycles. The van der Waals surface area contributed by atoms with Gasteiger partial charge in [0.2, 0.25) is 16.8 Å². The van der Waals surface area contributed by atoms with Crippen LogP contribution in [0.1, 0.15) is 44.2 Å². The minimum atomic E-state index is -2.86. The smallest absolute Gasteiger partial charge is 0.221 e. The lowest BCUT2D eigenvalue weighted by Gasteiger charge is -2.37. The van der Waals surface area contributed by atoms with Gasteiger partial charge in [-0.1, -0.05) is 48.4 Å². The summed E-state index contributed by atoms with van der Waals surface area (Å²) < 4.78 is 24.8. The van der Waals surface area contributed by atoms with Crippen molar-refractivity contribution >= 4 is 33.4 Å². The SMILES string of the molecule is C#CCNC(=O)CCC(=O)CN(CC1CCN(C(C)c2cccc3ccccc23)CC1)[SH](=O)=O. The fraction of sp³-hybridized carbons (Fsp3) is 0.462. The Morgan fingerprint density at radius 3 is 2.56 bits per heavy atom. The molecule has 0 saturated carbocycles. The van der Waals surface area contributed by atoms with Crippen LogP contribution in [0.4, 0.5) is 0 Å². The summed E-state index contributed by atoms with van der Waals surface area (Å²) in [7, 11) is -2.86. The van der Waals surface area contributed by atoms with Crippen molar-refractivity contribution in [2.75, 3.05) is 32.7 Å². The van der Waals surface area contributed by atoms with Crippen molar-refractivity contribution in [3.05, 3.63) is 48.0 Å². The molecule has 1 fully saturated rings. The molecule has 1 amide bonds. The molecule has 182 valence electrons. The molecule has 1 N–H and O–H groups in total. The van der Waals surface area contributed by atoms with Crippen molar-refractivity contribution in [2.45, 2.75) is 38.6 Å². The molecule has 1 aliphatic heterocycles. The maximum atomic E-state index is 12.2. The number of benzene rings is 2. The van der Waals surface area contributed by atoms with Gasteiger partial charge in [0.1, 0.15) is 5.78 Å². The average Bonchev–Trinajstić information content (AvgIpc) is 2.85. The molecule has 1 atom stereocenters. The van der Waals surface area contributed by atoms with Gasteiger partial charge in [0.05, 0.1) is 13.1 Å². The minimum absolute atomic E-state index is 0.00291. The molecule has 1 heterocycles. The number of nitrogens with zero attached hydrogens (tertiary/aromatic N) is 2. The van der Waals surface area contributed by atoms with E-state index in [1.165, 1.54) is 20.6 Å². The van der Waals surface area contributed by atoms with Crippen LogP contribution in [0.15, 0.2) is 42.5 Å². The molecule has 0 aromatic heterocycles. The number of rotatable bonds is 11. The predicted molar refractivity (Wildman–Crippen MR) is 135 cm³/mol. The van der Waals surface area contributed by atoms with E-state index in [4.69, 9.17) is 6.42 Å². The Labute approximate surface area is 203 Å². The van der Waals surface area contributed by atoms with Gasteiger partial charge in [0, 0.05) is 25.4 Å². The van der Waals surface area contributed by atoms with E-state index in [2.05, 4.69) is 59.5 Å². The lowest BCUT2D eigenvalue weighted by molar-refractivity contribution is -0.125. The van der Waals surface area contributed by atoms with Crippen molar-refractivity contribution in [3.8, 4) is 12.3 Å². The average molecular weight is 484 g/mol. The van der Waals surface area contributed by atoms with Crippen molar-refractivity contribution < 1.29 is 18.0 Å². The number of ketones is 1. The highest BCUT2D eigenvalue weighted by Gasteiger charge is 2.27. The summed E-state index contributed by atoms with van der Waals surface area (Å²) in [4.78, 5) is 26.3. The molecule has 0 aliphatic carbocycles. The highest BCUT2D eigenvalue weighted by Crippen LogP contribution is 2.31. The fourth-order valence-corrected chi connectivity index (χ4v) is 5.23. The van der Waals surface area contributed by atoms with Crippen LogP contribution in [0.3, 0.4) is 0 Å². The van der Waals surface area contributed by atoms with Crippen LogP contribution in [0.5, 0.6) is 0 Å². The number of piperidine rings is 1. The first-order chi connectivity index (χ1) is 16.4. The molecule has 1 aliphatic rings. The van der Waals surface area contributed by atoms with Gasteiger partial charge in [-0.3, -0.25) is 14.5 Å². The second-order valence-electron chi connectivity index (χ2n) is 8.83. The molecule has 3 rings (SSSR count). The summed E-state index contributed by atoms with van der Waals surface area (Å²) in [5, 5.41) is 5.00. The first-order valence-corrected chi connectivity index (χ1v) is 12.8. The quantitative estimate of drug-likeness (QED) is 0.379. The van der Waals surface area contributed by atoms with Crippen molar-refractivity contribution in [1.29, 1.82) is 0 Å². The highest BCUT2D eigenvalue weighted by molar-refractivity contribution is 7.69.